The van der Waals surface area contributed by atoms with Gasteiger partial charge in [0.2, 0.25) is 0 Å². The van der Waals surface area contributed by atoms with Gasteiger partial charge in [0.15, 0.2) is 0 Å². The number of para-hydroxylation sites is 1. The zero-order chi connectivity index (χ0) is 16.2. The van der Waals surface area contributed by atoms with Crippen molar-refractivity contribution in [3.63, 3.8) is 0 Å². The molecule has 3 rings (SSSR count). The molecule has 0 saturated carbocycles. The summed E-state index contributed by atoms with van der Waals surface area (Å²) in [6.45, 7) is 2.88. The van der Waals surface area contributed by atoms with Crippen LogP contribution in [0.3, 0.4) is 0 Å². The maximum Gasteiger partial charge on any atom is 0.259 e. The van der Waals surface area contributed by atoms with Gasteiger partial charge in [0, 0.05) is 37.6 Å². The van der Waals surface area contributed by atoms with E-state index in [-0.39, 0.29) is 11.6 Å². The molecule has 1 aromatic carbocycles. The van der Waals surface area contributed by atoms with Gasteiger partial charge in [0.1, 0.15) is 11.5 Å². The molecule has 1 N–H and O–H groups in total. The number of hydrogen-bond acceptors (Lipinski definition) is 4. The molecular formula is C18H20N4O. The molecule has 23 heavy (non-hydrogen) atoms. The first-order chi connectivity index (χ1) is 11.1. The van der Waals surface area contributed by atoms with Crippen LogP contribution in [0.2, 0.25) is 0 Å². The number of benzene rings is 1. The Morgan fingerprint density at radius 2 is 1.91 bits per heavy atom. The molecule has 2 heterocycles. The summed E-state index contributed by atoms with van der Waals surface area (Å²) in [4.78, 5) is 18.8. The van der Waals surface area contributed by atoms with Gasteiger partial charge in [0.05, 0.1) is 0 Å². The second-order valence-corrected chi connectivity index (χ2v) is 5.67. The molecule has 0 aliphatic heterocycles. The van der Waals surface area contributed by atoms with E-state index in [1.807, 2.05) is 36.4 Å². The van der Waals surface area contributed by atoms with Gasteiger partial charge in [0.25, 0.3) is 5.56 Å². The zero-order valence-electron chi connectivity index (χ0n) is 13.3. The Balaban J connectivity index is 1.73. The number of nitrogens with one attached hydrogen (secondary N) is 1. The molecular weight excluding hydrogens is 288 g/mol. The molecule has 0 aliphatic carbocycles. The summed E-state index contributed by atoms with van der Waals surface area (Å²) in [6, 6.07) is 17.4. The summed E-state index contributed by atoms with van der Waals surface area (Å²) in [6.07, 6.45) is 1.72. The van der Waals surface area contributed by atoms with E-state index in [4.69, 9.17) is 0 Å². The molecule has 0 saturated heterocycles. The van der Waals surface area contributed by atoms with Gasteiger partial charge < -0.3 is 10.2 Å². The second kappa shape index (κ2) is 6.52. The minimum Gasteiger partial charge on any atom is -0.373 e. The van der Waals surface area contributed by atoms with Crippen LogP contribution >= 0.6 is 0 Å². The molecule has 2 aromatic heterocycles. The first-order valence-electron chi connectivity index (χ1n) is 7.64. The highest BCUT2D eigenvalue weighted by atomic mass is 16.1. The lowest BCUT2D eigenvalue weighted by molar-refractivity contribution is 0.755. The van der Waals surface area contributed by atoms with Crippen molar-refractivity contribution in [2.45, 2.75) is 13.0 Å². The van der Waals surface area contributed by atoms with Gasteiger partial charge in [-0.25, -0.2) is 4.98 Å². The van der Waals surface area contributed by atoms with Crippen molar-refractivity contribution in [1.29, 1.82) is 0 Å². The molecule has 0 bridgehead atoms. The maximum atomic E-state index is 12.1. The summed E-state index contributed by atoms with van der Waals surface area (Å²) in [5.74, 6) is 0.607. The molecule has 1 atom stereocenters. The molecule has 5 heteroatoms. The lowest BCUT2D eigenvalue weighted by atomic mass is 10.2. The monoisotopic (exact) mass is 308 g/mol. The third kappa shape index (κ3) is 3.51. The quantitative estimate of drug-likeness (QED) is 0.787. The van der Waals surface area contributed by atoms with E-state index in [0.717, 1.165) is 12.2 Å². The van der Waals surface area contributed by atoms with Crippen molar-refractivity contribution in [3.05, 3.63) is 71.1 Å². The number of anilines is 2. The number of nitrogens with zero attached hydrogens (tertiary/aromatic N) is 3. The highest BCUT2D eigenvalue weighted by Gasteiger charge is 2.09. The zero-order valence-corrected chi connectivity index (χ0v) is 13.3. The number of pyridine rings is 1. The molecule has 0 fully saturated rings. The molecule has 0 amide bonds. The van der Waals surface area contributed by atoms with Crippen LogP contribution in [0.1, 0.15) is 6.92 Å². The Bertz CT molecular complexity index is 844. The molecule has 0 unspecified atom stereocenters. The van der Waals surface area contributed by atoms with Crippen LogP contribution in [0.4, 0.5) is 11.5 Å². The fraction of sp³-hybridized carbons (Fsp3) is 0.222. The largest absolute Gasteiger partial charge is 0.373 e. The Kier molecular flexibility index (Phi) is 4.28. The van der Waals surface area contributed by atoms with Crippen molar-refractivity contribution in [1.82, 2.24) is 9.38 Å². The van der Waals surface area contributed by atoms with E-state index in [1.54, 1.807) is 6.20 Å². The SMILES string of the molecule is C[C@@H](CN(C)c1ccccc1)Nc1cc(=O)n2ccccc2n1. The van der Waals surface area contributed by atoms with Crippen LogP contribution in [-0.2, 0) is 0 Å². The first kappa shape index (κ1) is 15.1. The predicted molar refractivity (Wildman–Crippen MR) is 94.3 cm³/mol. The van der Waals surface area contributed by atoms with E-state index >= 15 is 0 Å². The summed E-state index contributed by atoms with van der Waals surface area (Å²) in [5, 5.41) is 3.31. The van der Waals surface area contributed by atoms with Crippen LogP contribution in [0, 0.1) is 0 Å². The Morgan fingerprint density at radius 1 is 1.17 bits per heavy atom. The van der Waals surface area contributed by atoms with Crippen molar-refractivity contribution in [3.8, 4) is 0 Å². The van der Waals surface area contributed by atoms with Gasteiger partial charge in [-0.2, -0.15) is 0 Å². The Labute approximate surface area is 135 Å². The molecule has 0 spiro atoms. The third-order valence-electron chi connectivity index (χ3n) is 3.71. The van der Waals surface area contributed by atoms with E-state index in [9.17, 15) is 4.79 Å². The van der Waals surface area contributed by atoms with Crippen LogP contribution in [0.25, 0.3) is 5.65 Å². The number of hydrogen-bond donors (Lipinski definition) is 1. The van der Waals surface area contributed by atoms with Gasteiger partial charge in [-0.15, -0.1) is 0 Å². The van der Waals surface area contributed by atoms with E-state index in [2.05, 4.69) is 41.3 Å². The van der Waals surface area contributed by atoms with E-state index < -0.39 is 0 Å². The minimum atomic E-state index is -0.0817. The van der Waals surface area contributed by atoms with Gasteiger partial charge >= 0.3 is 0 Å². The number of fused-ring (bicyclic) bond motifs is 1. The molecule has 3 aromatic rings. The smallest absolute Gasteiger partial charge is 0.259 e. The summed E-state index contributed by atoms with van der Waals surface area (Å²) < 4.78 is 1.53. The van der Waals surface area contributed by atoms with Crippen LogP contribution < -0.4 is 15.8 Å². The second-order valence-electron chi connectivity index (χ2n) is 5.67. The highest BCUT2D eigenvalue weighted by molar-refractivity contribution is 5.48. The summed E-state index contributed by atoms with van der Waals surface area (Å²) >= 11 is 0. The molecule has 5 nitrogen and oxygen atoms in total. The van der Waals surface area contributed by atoms with Crippen molar-refractivity contribution in [2.24, 2.45) is 0 Å². The summed E-state index contributed by atoms with van der Waals surface area (Å²) in [5.41, 5.74) is 1.72. The molecule has 0 aliphatic rings. The fourth-order valence-corrected chi connectivity index (χ4v) is 2.62. The predicted octanol–water partition coefficient (Wildman–Crippen LogP) is 2.63. The maximum absolute atomic E-state index is 12.1. The first-order valence-corrected chi connectivity index (χ1v) is 7.64. The van der Waals surface area contributed by atoms with Gasteiger partial charge in [-0.1, -0.05) is 24.3 Å². The Hall–Kier alpha value is -2.82. The lowest BCUT2D eigenvalue weighted by Gasteiger charge is -2.24. The fourth-order valence-electron chi connectivity index (χ4n) is 2.62. The Morgan fingerprint density at radius 3 is 2.70 bits per heavy atom. The van der Waals surface area contributed by atoms with Crippen LogP contribution in [0.15, 0.2) is 65.6 Å². The van der Waals surface area contributed by atoms with Crippen molar-refractivity contribution in [2.75, 3.05) is 23.8 Å². The number of rotatable bonds is 5. The van der Waals surface area contributed by atoms with E-state index in [0.29, 0.717) is 11.5 Å². The highest BCUT2D eigenvalue weighted by Crippen LogP contribution is 2.12. The number of likely N-dealkylation sites (N-methyl/N-ethyl adjacent to an activating group) is 1. The topological polar surface area (TPSA) is 49.6 Å². The standard InChI is InChI=1S/C18H20N4O/c1-14(13-21(2)15-8-4-3-5-9-15)19-16-12-18(23)22-11-7-6-10-17(22)20-16/h3-12,14,19H,13H2,1-2H3/t14-/m0/s1. The van der Waals surface area contributed by atoms with Gasteiger partial charge in [-0.3, -0.25) is 9.20 Å². The average Bonchev–Trinajstić information content (AvgIpc) is 2.55. The average molecular weight is 308 g/mol. The van der Waals surface area contributed by atoms with Gasteiger partial charge in [-0.05, 0) is 31.2 Å². The molecule has 118 valence electrons. The summed E-state index contributed by atoms with van der Waals surface area (Å²) in [7, 11) is 2.05. The molecule has 0 radical (unpaired) electrons. The third-order valence-corrected chi connectivity index (χ3v) is 3.71. The lowest BCUT2D eigenvalue weighted by Crippen LogP contribution is -2.33. The normalized spacial score (nSPS) is 12.1. The minimum absolute atomic E-state index is 0.0817. The van der Waals surface area contributed by atoms with E-state index in [1.165, 1.54) is 10.5 Å². The van der Waals surface area contributed by atoms with Crippen LogP contribution in [0.5, 0.6) is 0 Å². The van der Waals surface area contributed by atoms with Crippen molar-refractivity contribution < 1.29 is 0 Å². The van der Waals surface area contributed by atoms with Crippen molar-refractivity contribution >= 4 is 17.2 Å². The number of aromatic nitrogens is 2. The van der Waals surface area contributed by atoms with Crippen LogP contribution in [-0.4, -0.2) is 29.0 Å².